The van der Waals surface area contributed by atoms with Gasteiger partial charge in [-0.05, 0) is 42.7 Å². The molecule has 214 valence electrons. The van der Waals surface area contributed by atoms with Gasteiger partial charge in [0.1, 0.15) is 29.8 Å². The Morgan fingerprint density at radius 1 is 1.00 bits per heavy atom. The topological polar surface area (TPSA) is 133 Å². The van der Waals surface area contributed by atoms with E-state index in [0.717, 1.165) is 52.1 Å². The predicted octanol–water partition coefficient (Wildman–Crippen LogP) is 2.97. The van der Waals surface area contributed by atoms with Crippen LogP contribution in [0.4, 0.5) is 10.2 Å². The number of anilines is 1. The summed E-state index contributed by atoms with van der Waals surface area (Å²) in [5.41, 5.74) is 11.1. The number of ether oxygens (including phenoxy) is 1. The smallest absolute Gasteiger partial charge is 0.156 e. The Labute approximate surface area is 241 Å². The average molecular weight is 568 g/mol. The number of benzene rings is 1. The van der Waals surface area contributed by atoms with Crippen LogP contribution in [0, 0.1) is 5.82 Å². The molecule has 0 bridgehead atoms. The van der Waals surface area contributed by atoms with Crippen LogP contribution in [0.3, 0.4) is 0 Å². The van der Waals surface area contributed by atoms with E-state index in [1.54, 1.807) is 41.7 Å². The van der Waals surface area contributed by atoms with E-state index < -0.39 is 11.6 Å². The Bertz CT molecular complexity index is 1760. The highest BCUT2D eigenvalue weighted by Crippen LogP contribution is 2.31. The minimum atomic E-state index is -0.844. The first-order valence-electron chi connectivity index (χ1n) is 13.8. The fourth-order valence-electron chi connectivity index (χ4n) is 5.56. The summed E-state index contributed by atoms with van der Waals surface area (Å²) in [4.78, 5) is 16.1. The molecule has 1 saturated heterocycles. The van der Waals surface area contributed by atoms with Crippen molar-refractivity contribution in [1.29, 1.82) is 0 Å². The van der Waals surface area contributed by atoms with Gasteiger partial charge in [-0.2, -0.15) is 10.2 Å². The van der Waals surface area contributed by atoms with E-state index in [1.165, 1.54) is 12.1 Å². The molecule has 0 aliphatic carbocycles. The number of hydrogen-bond donors (Lipinski definition) is 2. The van der Waals surface area contributed by atoms with Gasteiger partial charge in [0.25, 0.3) is 0 Å². The summed E-state index contributed by atoms with van der Waals surface area (Å²) >= 11 is 0. The molecule has 0 radical (unpaired) electrons. The average Bonchev–Trinajstić information content (AvgIpc) is 3.77. The standard InChI is InChI=1S/C30H30FN9O2/c1-30(32,22-2-4-24(31)5-3-22)23-12-33-28(34-13-23)19-6-8-38(9-7-19)29-25-10-20(14-39(25)37-18-35-29)21-11-36-40(15-21)26-16-42-17-27(26)41/h2-6,10-15,18,26-27,41H,7-9,16-17,32H2,1H3/t26-,27-,30-/m0/s1. The Kier molecular flexibility index (Phi) is 6.53. The van der Waals surface area contributed by atoms with Gasteiger partial charge in [0.05, 0.1) is 24.9 Å². The second-order valence-corrected chi connectivity index (χ2v) is 11.0. The van der Waals surface area contributed by atoms with Gasteiger partial charge in [0.2, 0.25) is 0 Å². The van der Waals surface area contributed by atoms with Crippen molar-refractivity contribution in [2.75, 3.05) is 31.2 Å². The lowest BCUT2D eigenvalue weighted by Crippen LogP contribution is -2.34. The van der Waals surface area contributed by atoms with Gasteiger partial charge in [-0.1, -0.05) is 18.2 Å². The van der Waals surface area contributed by atoms with Crippen LogP contribution >= 0.6 is 0 Å². The second kappa shape index (κ2) is 10.4. The molecule has 0 saturated carbocycles. The van der Waals surface area contributed by atoms with Crippen molar-refractivity contribution in [3.63, 3.8) is 0 Å². The summed E-state index contributed by atoms with van der Waals surface area (Å²) in [6.07, 6.45) is 13.1. The molecular formula is C30H30FN9O2. The quantitative estimate of drug-likeness (QED) is 0.318. The van der Waals surface area contributed by atoms with E-state index >= 15 is 0 Å². The number of fused-ring (bicyclic) bond motifs is 1. The third kappa shape index (κ3) is 4.73. The third-order valence-electron chi connectivity index (χ3n) is 8.17. The summed E-state index contributed by atoms with van der Waals surface area (Å²) in [7, 11) is 0. The molecule has 0 spiro atoms. The number of aliphatic hydroxyl groups excluding tert-OH is 1. The monoisotopic (exact) mass is 567 g/mol. The van der Waals surface area contributed by atoms with E-state index in [9.17, 15) is 9.50 Å². The zero-order chi connectivity index (χ0) is 28.8. The maximum Gasteiger partial charge on any atom is 0.156 e. The summed E-state index contributed by atoms with van der Waals surface area (Å²) in [5, 5.41) is 19.0. The molecule has 4 aromatic heterocycles. The molecule has 42 heavy (non-hydrogen) atoms. The van der Waals surface area contributed by atoms with Crippen LogP contribution in [0.15, 0.2) is 73.7 Å². The van der Waals surface area contributed by atoms with E-state index in [2.05, 4.69) is 42.2 Å². The molecule has 7 rings (SSSR count). The maximum atomic E-state index is 13.4. The van der Waals surface area contributed by atoms with Crippen molar-refractivity contribution in [3.05, 3.63) is 96.5 Å². The minimum Gasteiger partial charge on any atom is -0.388 e. The summed E-state index contributed by atoms with van der Waals surface area (Å²) in [5.74, 6) is 1.21. The molecular weight excluding hydrogens is 537 g/mol. The van der Waals surface area contributed by atoms with Gasteiger partial charge in [-0.25, -0.2) is 23.9 Å². The lowest BCUT2D eigenvalue weighted by molar-refractivity contribution is 0.118. The molecule has 0 unspecified atom stereocenters. The van der Waals surface area contributed by atoms with E-state index in [4.69, 9.17) is 10.5 Å². The molecule has 6 heterocycles. The van der Waals surface area contributed by atoms with Crippen molar-refractivity contribution in [3.8, 4) is 11.1 Å². The van der Waals surface area contributed by atoms with Gasteiger partial charge >= 0.3 is 0 Å². The Hall–Kier alpha value is -4.52. The van der Waals surface area contributed by atoms with Crippen LogP contribution in [-0.2, 0) is 10.3 Å². The number of halogens is 1. The van der Waals surface area contributed by atoms with E-state index in [0.29, 0.717) is 25.6 Å². The SMILES string of the molecule is C[C@](N)(c1ccc(F)cc1)c1cnc(C2=CCN(c3ncnn4cc(-c5cnn([C@H]6COC[C@@H]6O)c5)cc34)CC2)nc1. The van der Waals surface area contributed by atoms with Gasteiger partial charge in [-0.3, -0.25) is 4.68 Å². The van der Waals surface area contributed by atoms with Gasteiger partial charge in [0.15, 0.2) is 11.6 Å². The Balaban J connectivity index is 1.08. The van der Waals surface area contributed by atoms with Crippen LogP contribution < -0.4 is 10.6 Å². The number of rotatable bonds is 6. The number of nitrogens with zero attached hydrogens (tertiary/aromatic N) is 8. The second-order valence-electron chi connectivity index (χ2n) is 11.0. The minimum absolute atomic E-state index is 0.185. The number of aromatic nitrogens is 7. The molecule has 2 aliphatic heterocycles. The highest BCUT2D eigenvalue weighted by molar-refractivity contribution is 5.78. The molecule has 1 fully saturated rings. The number of aliphatic hydroxyl groups is 1. The third-order valence-corrected chi connectivity index (χ3v) is 8.17. The molecule has 2 aliphatic rings. The molecule has 3 N–H and O–H groups in total. The zero-order valence-electron chi connectivity index (χ0n) is 23.0. The molecule has 12 heteroatoms. The summed E-state index contributed by atoms with van der Waals surface area (Å²) in [6.45, 7) is 4.02. The van der Waals surface area contributed by atoms with Crippen molar-refractivity contribution in [2.45, 2.75) is 31.0 Å². The van der Waals surface area contributed by atoms with E-state index in [-0.39, 0.29) is 11.9 Å². The predicted molar refractivity (Wildman–Crippen MR) is 154 cm³/mol. The van der Waals surface area contributed by atoms with Crippen LogP contribution in [-0.4, -0.2) is 71.9 Å². The largest absolute Gasteiger partial charge is 0.388 e. The molecule has 11 nitrogen and oxygen atoms in total. The van der Waals surface area contributed by atoms with Crippen LogP contribution in [0.25, 0.3) is 22.2 Å². The fraction of sp³-hybridized carbons (Fsp3) is 0.300. The van der Waals surface area contributed by atoms with Gasteiger partial charge < -0.3 is 20.5 Å². The molecule has 3 atom stereocenters. The maximum absolute atomic E-state index is 13.4. The first kappa shape index (κ1) is 26.4. The van der Waals surface area contributed by atoms with Crippen LogP contribution in [0.2, 0.25) is 0 Å². The first-order valence-corrected chi connectivity index (χ1v) is 13.8. The highest BCUT2D eigenvalue weighted by Gasteiger charge is 2.29. The van der Waals surface area contributed by atoms with Crippen LogP contribution in [0.5, 0.6) is 0 Å². The van der Waals surface area contributed by atoms with Crippen LogP contribution in [0.1, 0.15) is 36.3 Å². The normalized spacial score (nSPS) is 20.6. The fourth-order valence-corrected chi connectivity index (χ4v) is 5.56. The number of hydrogen-bond acceptors (Lipinski definition) is 9. The Morgan fingerprint density at radius 3 is 2.52 bits per heavy atom. The van der Waals surface area contributed by atoms with Gasteiger partial charge in [0, 0.05) is 54.6 Å². The lowest BCUT2D eigenvalue weighted by atomic mass is 9.87. The van der Waals surface area contributed by atoms with Gasteiger partial charge in [-0.15, -0.1) is 0 Å². The highest BCUT2D eigenvalue weighted by atomic mass is 19.1. The number of nitrogens with two attached hydrogens (primary N) is 1. The zero-order valence-corrected chi connectivity index (χ0v) is 23.0. The summed E-state index contributed by atoms with van der Waals surface area (Å²) < 4.78 is 22.4. The summed E-state index contributed by atoms with van der Waals surface area (Å²) in [6, 6.07) is 8.05. The molecule has 5 aromatic rings. The molecule has 0 amide bonds. The van der Waals surface area contributed by atoms with Crippen molar-refractivity contribution in [2.24, 2.45) is 5.73 Å². The van der Waals surface area contributed by atoms with Crippen molar-refractivity contribution >= 4 is 16.9 Å². The first-order chi connectivity index (χ1) is 20.4. The van der Waals surface area contributed by atoms with Crippen molar-refractivity contribution in [1.82, 2.24) is 34.3 Å². The Morgan fingerprint density at radius 2 is 1.81 bits per heavy atom. The molecule has 1 aromatic carbocycles. The van der Waals surface area contributed by atoms with Crippen molar-refractivity contribution < 1.29 is 14.2 Å². The lowest BCUT2D eigenvalue weighted by Gasteiger charge is -2.28. The van der Waals surface area contributed by atoms with E-state index in [1.807, 2.05) is 23.8 Å².